The largest absolute Gasteiger partial charge is 0.389 e. The van der Waals surface area contributed by atoms with Crippen molar-refractivity contribution in [3.05, 3.63) is 28.7 Å². The molecule has 0 aliphatic rings. The quantitative estimate of drug-likeness (QED) is 0.782. The second kappa shape index (κ2) is 4.59. The average molecular weight is 260 g/mol. The van der Waals surface area contributed by atoms with E-state index in [-0.39, 0.29) is 17.0 Å². The zero-order valence-corrected chi connectivity index (χ0v) is 10.8. The van der Waals surface area contributed by atoms with Crippen molar-refractivity contribution in [2.24, 2.45) is 0 Å². The molecule has 0 radical (unpaired) electrons. The molecule has 0 saturated heterocycles. The standard InChI is InChI=1S/C10H16N2O4S/c1-10(2,14)7-12(3)17(15,16)8-4-5-9(13)11-6-8/h4-6,14H,7H2,1-3H3,(H,11,13). The van der Waals surface area contributed by atoms with E-state index in [2.05, 4.69) is 4.98 Å². The monoisotopic (exact) mass is 260 g/mol. The lowest BCUT2D eigenvalue weighted by atomic mass is 10.1. The molecule has 1 aromatic heterocycles. The second-order valence-corrected chi connectivity index (χ2v) is 6.51. The summed E-state index contributed by atoms with van der Waals surface area (Å²) in [5, 5.41) is 9.58. The van der Waals surface area contributed by atoms with Crippen LogP contribution in [0.1, 0.15) is 13.8 Å². The van der Waals surface area contributed by atoms with Gasteiger partial charge >= 0.3 is 0 Å². The lowest BCUT2D eigenvalue weighted by Gasteiger charge is -2.24. The molecule has 6 nitrogen and oxygen atoms in total. The first-order valence-electron chi connectivity index (χ1n) is 5.00. The predicted molar refractivity (Wildman–Crippen MR) is 63.2 cm³/mol. The molecule has 0 fully saturated rings. The van der Waals surface area contributed by atoms with Crippen LogP contribution >= 0.6 is 0 Å². The molecule has 1 aromatic rings. The molecule has 0 aromatic carbocycles. The van der Waals surface area contributed by atoms with Gasteiger partial charge in [0.25, 0.3) is 0 Å². The van der Waals surface area contributed by atoms with Crippen molar-refractivity contribution in [3.8, 4) is 0 Å². The maximum atomic E-state index is 12.0. The van der Waals surface area contributed by atoms with E-state index in [9.17, 15) is 18.3 Å². The van der Waals surface area contributed by atoms with Crippen LogP contribution in [0.4, 0.5) is 0 Å². The van der Waals surface area contributed by atoms with Crippen molar-refractivity contribution >= 4 is 10.0 Å². The molecule has 7 heteroatoms. The van der Waals surface area contributed by atoms with Crippen LogP contribution in [-0.4, -0.2) is 42.0 Å². The van der Waals surface area contributed by atoms with E-state index in [1.165, 1.54) is 27.0 Å². The Morgan fingerprint density at radius 3 is 2.41 bits per heavy atom. The van der Waals surface area contributed by atoms with Gasteiger partial charge in [0.05, 0.1) is 10.5 Å². The van der Waals surface area contributed by atoms with E-state index in [1.54, 1.807) is 0 Å². The first kappa shape index (κ1) is 13.9. The van der Waals surface area contributed by atoms with Crippen molar-refractivity contribution in [2.75, 3.05) is 13.6 Å². The van der Waals surface area contributed by atoms with Gasteiger partial charge in [0.15, 0.2) is 0 Å². The Labute approximate surface area is 100.0 Å². The van der Waals surface area contributed by atoms with Crippen molar-refractivity contribution in [3.63, 3.8) is 0 Å². The van der Waals surface area contributed by atoms with Gasteiger partial charge < -0.3 is 10.1 Å². The van der Waals surface area contributed by atoms with Gasteiger partial charge in [-0.1, -0.05) is 0 Å². The summed E-state index contributed by atoms with van der Waals surface area (Å²) in [5.41, 5.74) is -1.49. The Bertz CT molecular complexity index is 522. The lowest BCUT2D eigenvalue weighted by molar-refractivity contribution is 0.0640. The van der Waals surface area contributed by atoms with E-state index in [4.69, 9.17) is 0 Å². The SMILES string of the molecule is CN(CC(C)(C)O)S(=O)(=O)c1ccc(=O)[nH]c1. The number of likely N-dealkylation sites (N-methyl/N-ethyl adjacent to an activating group) is 1. The molecular formula is C10H16N2O4S. The molecular weight excluding hydrogens is 244 g/mol. The molecule has 1 rings (SSSR count). The number of aliphatic hydroxyl groups is 1. The fraction of sp³-hybridized carbons (Fsp3) is 0.500. The van der Waals surface area contributed by atoms with E-state index >= 15 is 0 Å². The van der Waals surface area contributed by atoms with Crippen LogP contribution in [0.3, 0.4) is 0 Å². The number of nitrogens with zero attached hydrogens (tertiary/aromatic N) is 1. The molecule has 0 aliphatic heterocycles. The summed E-state index contributed by atoms with van der Waals surface area (Å²) >= 11 is 0. The fourth-order valence-corrected chi connectivity index (χ4v) is 2.66. The Morgan fingerprint density at radius 2 is 2.00 bits per heavy atom. The first-order valence-corrected chi connectivity index (χ1v) is 6.44. The molecule has 0 atom stereocenters. The van der Waals surface area contributed by atoms with Gasteiger partial charge in [-0.3, -0.25) is 4.79 Å². The molecule has 0 bridgehead atoms. The topological polar surface area (TPSA) is 90.5 Å². The van der Waals surface area contributed by atoms with Crippen LogP contribution in [0.2, 0.25) is 0 Å². The highest BCUT2D eigenvalue weighted by Crippen LogP contribution is 2.14. The molecule has 0 aliphatic carbocycles. The van der Waals surface area contributed by atoms with Gasteiger partial charge in [-0.15, -0.1) is 0 Å². The highest BCUT2D eigenvalue weighted by molar-refractivity contribution is 7.89. The maximum absolute atomic E-state index is 12.0. The van der Waals surface area contributed by atoms with Gasteiger partial charge in [-0.25, -0.2) is 8.42 Å². The average Bonchev–Trinajstić information content (AvgIpc) is 2.15. The number of hydrogen-bond donors (Lipinski definition) is 2. The first-order chi connectivity index (χ1) is 7.63. The third kappa shape index (κ3) is 3.65. The van der Waals surface area contributed by atoms with Gasteiger partial charge in [-0.05, 0) is 19.9 Å². The van der Waals surface area contributed by atoms with Gasteiger partial charge in [-0.2, -0.15) is 4.31 Å². The highest BCUT2D eigenvalue weighted by Gasteiger charge is 2.26. The molecule has 1 heterocycles. The van der Waals surface area contributed by atoms with Crippen LogP contribution in [0.25, 0.3) is 0 Å². The van der Waals surface area contributed by atoms with Crippen molar-refractivity contribution < 1.29 is 13.5 Å². The summed E-state index contributed by atoms with van der Waals surface area (Å²) in [5.74, 6) is 0. The van der Waals surface area contributed by atoms with E-state index in [1.807, 2.05) is 0 Å². The van der Waals surface area contributed by atoms with Crippen LogP contribution in [-0.2, 0) is 10.0 Å². The predicted octanol–water partition coefficient (Wildman–Crippen LogP) is -0.234. The number of H-pyrrole nitrogens is 1. The minimum absolute atomic E-state index is 0.0103. The normalized spacial score (nSPS) is 13.0. The molecule has 17 heavy (non-hydrogen) atoms. The minimum atomic E-state index is -3.69. The van der Waals surface area contributed by atoms with Crippen LogP contribution in [0, 0.1) is 0 Å². The van der Waals surface area contributed by atoms with Crippen molar-refractivity contribution in [1.29, 1.82) is 0 Å². The van der Waals surface area contributed by atoms with Crippen molar-refractivity contribution in [2.45, 2.75) is 24.3 Å². The van der Waals surface area contributed by atoms with E-state index in [0.717, 1.165) is 16.6 Å². The number of aromatic amines is 1. The second-order valence-electron chi connectivity index (χ2n) is 4.46. The summed E-state index contributed by atoms with van der Waals surface area (Å²) in [4.78, 5) is 13.1. The fourth-order valence-electron chi connectivity index (χ4n) is 1.37. The number of hydrogen-bond acceptors (Lipinski definition) is 4. The van der Waals surface area contributed by atoms with Crippen molar-refractivity contribution in [1.82, 2.24) is 9.29 Å². The Hall–Kier alpha value is -1.18. The maximum Gasteiger partial charge on any atom is 0.247 e. The Morgan fingerprint density at radius 1 is 1.41 bits per heavy atom. The van der Waals surface area contributed by atoms with E-state index in [0.29, 0.717) is 0 Å². The third-order valence-electron chi connectivity index (χ3n) is 2.07. The molecule has 0 unspecified atom stereocenters. The highest BCUT2D eigenvalue weighted by atomic mass is 32.2. The molecule has 96 valence electrons. The van der Waals surface area contributed by atoms with E-state index < -0.39 is 15.6 Å². The summed E-state index contributed by atoms with van der Waals surface area (Å²) in [6, 6.07) is 2.37. The molecule has 0 amide bonds. The summed E-state index contributed by atoms with van der Waals surface area (Å²) in [7, 11) is -2.31. The van der Waals surface area contributed by atoms with Gasteiger partial charge in [0.1, 0.15) is 0 Å². The summed E-state index contributed by atoms with van der Waals surface area (Å²) in [6.45, 7) is 3.01. The molecule has 0 saturated carbocycles. The van der Waals surface area contributed by atoms with Gasteiger partial charge in [0.2, 0.25) is 15.6 Å². The lowest BCUT2D eigenvalue weighted by Crippen LogP contribution is -2.39. The zero-order valence-electron chi connectivity index (χ0n) is 9.97. The summed E-state index contributed by atoms with van der Waals surface area (Å²) in [6.07, 6.45) is 1.14. The summed E-state index contributed by atoms with van der Waals surface area (Å²) < 4.78 is 25.1. The minimum Gasteiger partial charge on any atom is -0.389 e. The number of sulfonamides is 1. The third-order valence-corrected chi connectivity index (χ3v) is 3.87. The zero-order chi connectivity index (χ0) is 13.3. The smallest absolute Gasteiger partial charge is 0.247 e. The molecule has 2 N–H and O–H groups in total. The Kier molecular flexibility index (Phi) is 3.75. The number of pyridine rings is 1. The molecule has 0 spiro atoms. The Balaban J connectivity index is 3.03. The van der Waals surface area contributed by atoms with Crippen LogP contribution < -0.4 is 5.56 Å². The van der Waals surface area contributed by atoms with Crippen LogP contribution in [0.15, 0.2) is 28.0 Å². The number of nitrogens with one attached hydrogen (secondary N) is 1. The number of aromatic nitrogens is 1. The van der Waals surface area contributed by atoms with Gasteiger partial charge in [0, 0.05) is 25.9 Å². The number of rotatable bonds is 4. The van der Waals surface area contributed by atoms with Crippen LogP contribution in [0.5, 0.6) is 0 Å².